The number of fused-ring (bicyclic) bond motifs is 1. The Kier molecular flexibility index (Phi) is 9.36. The molecular formula is C28H36N8O2. The SMILES string of the molecule is CN/C(CN1CCOCC1)=C(\C=N)c1ccc2cnc(NC(=O)c3ccnc(NCCN(C)C)c3)cc2c1. The quantitative estimate of drug-likeness (QED) is 0.287. The van der Waals surface area contributed by atoms with E-state index in [1.54, 1.807) is 24.5 Å². The smallest absolute Gasteiger partial charge is 0.257 e. The number of morpholine rings is 1. The Labute approximate surface area is 223 Å². The number of amides is 1. The van der Waals surface area contributed by atoms with Crippen LogP contribution in [0.4, 0.5) is 11.6 Å². The minimum Gasteiger partial charge on any atom is -0.390 e. The fourth-order valence-corrected chi connectivity index (χ4v) is 4.27. The zero-order chi connectivity index (χ0) is 26.9. The summed E-state index contributed by atoms with van der Waals surface area (Å²) in [5, 5.41) is 19.4. The highest BCUT2D eigenvalue weighted by atomic mass is 16.5. The standard InChI is InChI=1S/C28H36N8O2/c1-30-25(19-36-10-12-38-13-11-36)24(17-29)20-4-5-22-18-33-27(16-23(22)14-20)34-28(37)21-6-7-31-26(15-21)32-8-9-35(2)3/h4-7,14-18,29-30H,8-13,19H2,1-3H3,(H,31,32)(H,33,34,37)/b25-24+,29-17?. The minimum atomic E-state index is -0.255. The van der Waals surface area contributed by atoms with Gasteiger partial charge in [0.05, 0.1) is 13.2 Å². The first kappa shape index (κ1) is 27.2. The molecule has 0 atom stereocenters. The second-order valence-corrected chi connectivity index (χ2v) is 9.42. The number of pyridine rings is 2. The summed E-state index contributed by atoms with van der Waals surface area (Å²) >= 11 is 0. The molecular weight excluding hydrogens is 480 g/mol. The molecule has 4 N–H and O–H groups in total. The minimum absolute atomic E-state index is 0.255. The van der Waals surface area contributed by atoms with Crippen LogP contribution in [0.25, 0.3) is 16.3 Å². The number of aromatic nitrogens is 2. The Bertz CT molecular complexity index is 1300. The molecule has 10 nitrogen and oxygen atoms in total. The van der Waals surface area contributed by atoms with Gasteiger partial charge in [0.15, 0.2) is 0 Å². The van der Waals surface area contributed by atoms with Crippen molar-refractivity contribution < 1.29 is 9.53 Å². The molecule has 1 aromatic carbocycles. The van der Waals surface area contributed by atoms with E-state index in [-0.39, 0.29) is 5.91 Å². The summed E-state index contributed by atoms with van der Waals surface area (Å²) in [6.07, 6.45) is 4.76. The van der Waals surface area contributed by atoms with E-state index >= 15 is 0 Å². The number of carbonyl (C=O) groups excluding carboxylic acids is 1. The normalized spacial score (nSPS) is 14.7. The van der Waals surface area contributed by atoms with Crippen molar-refractivity contribution in [2.24, 2.45) is 0 Å². The topological polar surface area (TPSA) is 118 Å². The third-order valence-electron chi connectivity index (χ3n) is 6.42. The lowest BCUT2D eigenvalue weighted by Crippen LogP contribution is -2.39. The summed E-state index contributed by atoms with van der Waals surface area (Å²) in [5.74, 6) is 0.856. The second kappa shape index (κ2) is 13.1. The van der Waals surface area contributed by atoms with Gasteiger partial charge in [-0.25, -0.2) is 9.97 Å². The van der Waals surface area contributed by atoms with Crippen molar-refractivity contribution in [3.63, 3.8) is 0 Å². The molecule has 0 aliphatic carbocycles. The third kappa shape index (κ3) is 7.12. The van der Waals surface area contributed by atoms with Gasteiger partial charge in [0.25, 0.3) is 5.91 Å². The maximum absolute atomic E-state index is 12.9. The number of allylic oxidation sites excluding steroid dienone is 1. The van der Waals surface area contributed by atoms with Crippen molar-refractivity contribution in [1.29, 1.82) is 5.41 Å². The van der Waals surface area contributed by atoms with Crippen molar-refractivity contribution in [1.82, 2.24) is 25.1 Å². The molecule has 2 aromatic heterocycles. The van der Waals surface area contributed by atoms with Gasteiger partial charge in [0.1, 0.15) is 11.6 Å². The number of benzene rings is 1. The van der Waals surface area contributed by atoms with E-state index in [1.807, 2.05) is 45.4 Å². The van der Waals surface area contributed by atoms with Gasteiger partial charge in [-0.3, -0.25) is 9.69 Å². The van der Waals surface area contributed by atoms with Crippen LogP contribution < -0.4 is 16.0 Å². The van der Waals surface area contributed by atoms with Crippen LogP contribution in [-0.2, 0) is 4.74 Å². The van der Waals surface area contributed by atoms with Crippen LogP contribution in [0.2, 0.25) is 0 Å². The van der Waals surface area contributed by atoms with Gasteiger partial charge in [-0.1, -0.05) is 12.1 Å². The summed E-state index contributed by atoms with van der Waals surface area (Å²) in [5.41, 5.74) is 3.24. The number of hydrogen-bond acceptors (Lipinski definition) is 9. The molecule has 1 aliphatic heterocycles. The van der Waals surface area contributed by atoms with E-state index in [2.05, 4.69) is 35.7 Å². The largest absolute Gasteiger partial charge is 0.390 e. The zero-order valence-corrected chi connectivity index (χ0v) is 22.3. The summed E-state index contributed by atoms with van der Waals surface area (Å²) in [6.45, 7) is 5.50. The molecule has 3 aromatic rings. The Morgan fingerprint density at radius 1 is 1.08 bits per heavy atom. The van der Waals surface area contributed by atoms with Crippen LogP contribution in [0.1, 0.15) is 15.9 Å². The summed E-state index contributed by atoms with van der Waals surface area (Å²) < 4.78 is 5.46. The first-order chi connectivity index (χ1) is 18.5. The lowest BCUT2D eigenvalue weighted by molar-refractivity contribution is 0.0418. The van der Waals surface area contributed by atoms with Crippen molar-refractivity contribution in [2.75, 3.05) is 77.7 Å². The van der Waals surface area contributed by atoms with Crippen LogP contribution in [-0.4, -0.2) is 99.0 Å². The molecule has 3 heterocycles. The van der Waals surface area contributed by atoms with Gasteiger partial charge >= 0.3 is 0 Å². The first-order valence-corrected chi connectivity index (χ1v) is 12.7. The molecule has 0 radical (unpaired) electrons. The molecule has 0 unspecified atom stereocenters. The Morgan fingerprint density at radius 3 is 2.63 bits per heavy atom. The van der Waals surface area contributed by atoms with Crippen LogP contribution in [0.3, 0.4) is 0 Å². The van der Waals surface area contributed by atoms with Gasteiger partial charge in [-0.2, -0.15) is 0 Å². The molecule has 1 saturated heterocycles. The highest BCUT2D eigenvalue weighted by Crippen LogP contribution is 2.24. The van der Waals surface area contributed by atoms with Gasteiger partial charge < -0.3 is 31.0 Å². The number of nitrogens with one attached hydrogen (secondary N) is 4. The molecule has 4 rings (SSSR count). The highest BCUT2D eigenvalue weighted by Gasteiger charge is 2.15. The lowest BCUT2D eigenvalue weighted by atomic mass is 10.0. The van der Waals surface area contributed by atoms with Crippen LogP contribution in [0.15, 0.2) is 54.5 Å². The van der Waals surface area contributed by atoms with Crippen molar-refractivity contribution in [2.45, 2.75) is 0 Å². The molecule has 10 heteroatoms. The van der Waals surface area contributed by atoms with Crippen molar-refractivity contribution in [3.8, 4) is 0 Å². The fraction of sp³-hybridized carbons (Fsp3) is 0.357. The number of anilines is 2. The van der Waals surface area contributed by atoms with Gasteiger partial charge in [0.2, 0.25) is 0 Å². The Morgan fingerprint density at radius 2 is 1.89 bits per heavy atom. The molecule has 1 aliphatic rings. The first-order valence-electron chi connectivity index (χ1n) is 12.7. The summed E-state index contributed by atoms with van der Waals surface area (Å²) in [7, 11) is 5.90. The zero-order valence-electron chi connectivity index (χ0n) is 22.3. The van der Waals surface area contributed by atoms with E-state index in [4.69, 9.17) is 10.1 Å². The monoisotopic (exact) mass is 516 g/mol. The highest BCUT2D eigenvalue weighted by molar-refractivity contribution is 6.11. The van der Waals surface area contributed by atoms with E-state index in [0.29, 0.717) is 17.2 Å². The average Bonchev–Trinajstić information content (AvgIpc) is 2.93. The summed E-state index contributed by atoms with van der Waals surface area (Å²) in [4.78, 5) is 26.1. The van der Waals surface area contributed by atoms with E-state index in [9.17, 15) is 4.79 Å². The van der Waals surface area contributed by atoms with E-state index in [1.165, 1.54) is 6.21 Å². The molecule has 38 heavy (non-hydrogen) atoms. The van der Waals surface area contributed by atoms with E-state index in [0.717, 1.165) is 73.5 Å². The molecule has 0 saturated carbocycles. The van der Waals surface area contributed by atoms with Crippen LogP contribution in [0.5, 0.6) is 0 Å². The molecule has 0 spiro atoms. The van der Waals surface area contributed by atoms with Gasteiger partial charge in [0, 0.05) is 80.6 Å². The van der Waals surface area contributed by atoms with Crippen molar-refractivity contribution >= 4 is 40.1 Å². The Hall–Kier alpha value is -3.86. The number of carbonyl (C=O) groups is 1. The average molecular weight is 517 g/mol. The van der Waals surface area contributed by atoms with Crippen LogP contribution in [0, 0.1) is 5.41 Å². The fourth-order valence-electron chi connectivity index (χ4n) is 4.27. The number of nitrogens with zero attached hydrogens (tertiary/aromatic N) is 4. The van der Waals surface area contributed by atoms with Gasteiger partial charge in [-0.15, -0.1) is 0 Å². The predicted octanol–water partition coefficient (Wildman–Crippen LogP) is 2.77. The maximum atomic E-state index is 12.9. The number of rotatable bonds is 11. The summed E-state index contributed by atoms with van der Waals surface area (Å²) in [6, 6.07) is 11.3. The lowest BCUT2D eigenvalue weighted by Gasteiger charge is -2.28. The predicted molar refractivity (Wildman–Crippen MR) is 153 cm³/mol. The van der Waals surface area contributed by atoms with Gasteiger partial charge in [-0.05, 0) is 49.3 Å². The maximum Gasteiger partial charge on any atom is 0.257 e. The third-order valence-corrected chi connectivity index (χ3v) is 6.42. The number of ether oxygens (including phenoxy) is 1. The molecule has 1 fully saturated rings. The molecule has 1 amide bonds. The Balaban J connectivity index is 1.52. The number of likely N-dealkylation sites (N-methyl/N-ethyl adjacent to an activating group) is 2. The van der Waals surface area contributed by atoms with Crippen LogP contribution >= 0.6 is 0 Å². The second-order valence-electron chi connectivity index (χ2n) is 9.42. The number of hydrogen-bond donors (Lipinski definition) is 4. The molecule has 200 valence electrons. The molecule has 0 bridgehead atoms. The van der Waals surface area contributed by atoms with Crippen molar-refractivity contribution in [3.05, 3.63) is 65.6 Å². The van der Waals surface area contributed by atoms with E-state index < -0.39 is 0 Å².